The summed E-state index contributed by atoms with van der Waals surface area (Å²) in [4.78, 5) is 10.7. The van der Waals surface area contributed by atoms with Gasteiger partial charge in [-0.1, -0.05) is 6.92 Å². The fourth-order valence-electron chi connectivity index (χ4n) is 0.583. The van der Waals surface area contributed by atoms with Crippen LogP contribution in [0.3, 0.4) is 0 Å². The molecule has 0 aromatic carbocycles. The zero-order chi connectivity index (χ0) is 9.56. The highest BCUT2D eigenvalue weighted by atomic mass is 16.7. The number of carbonyl (C=O) groups is 1. The van der Waals surface area contributed by atoms with E-state index in [4.69, 9.17) is 10.2 Å². The van der Waals surface area contributed by atoms with Crippen LogP contribution in [0.25, 0.3) is 0 Å². The van der Waals surface area contributed by atoms with Crippen molar-refractivity contribution < 1.29 is 24.5 Å². The number of esters is 1. The maximum atomic E-state index is 10.7. The highest BCUT2D eigenvalue weighted by Gasteiger charge is 2.21. The predicted molar refractivity (Wildman–Crippen MR) is 40.3 cm³/mol. The lowest BCUT2D eigenvalue weighted by Crippen LogP contribution is -2.35. The van der Waals surface area contributed by atoms with Gasteiger partial charge in [0.1, 0.15) is 6.10 Å². The molecule has 5 nitrogen and oxygen atoms in total. The third-order valence-corrected chi connectivity index (χ3v) is 1.27. The van der Waals surface area contributed by atoms with Crippen molar-refractivity contribution in [1.82, 2.24) is 0 Å². The molecular weight excluding hydrogens is 164 g/mol. The summed E-state index contributed by atoms with van der Waals surface area (Å²) in [7, 11) is 1.28. The van der Waals surface area contributed by atoms with Gasteiger partial charge in [0.2, 0.25) is 6.29 Å². The van der Waals surface area contributed by atoms with Crippen LogP contribution in [0.15, 0.2) is 0 Å². The van der Waals surface area contributed by atoms with Crippen molar-refractivity contribution in [2.75, 3.05) is 13.7 Å². The summed E-state index contributed by atoms with van der Waals surface area (Å²) in [5, 5.41) is 17.5. The summed E-state index contributed by atoms with van der Waals surface area (Å²) in [6.07, 6.45) is -2.06. The molecule has 0 aliphatic heterocycles. The van der Waals surface area contributed by atoms with Crippen LogP contribution in [0.2, 0.25) is 0 Å². The summed E-state index contributed by atoms with van der Waals surface area (Å²) in [6, 6.07) is 0. The third-order valence-electron chi connectivity index (χ3n) is 1.27. The van der Waals surface area contributed by atoms with Crippen molar-refractivity contribution in [3.05, 3.63) is 0 Å². The molecule has 0 bridgehead atoms. The van der Waals surface area contributed by atoms with Crippen molar-refractivity contribution in [1.29, 1.82) is 0 Å². The smallest absolute Gasteiger partial charge is 0.307 e. The van der Waals surface area contributed by atoms with E-state index in [1.807, 2.05) is 0 Å². The van der Waals surface area contributed by atoms with E-state index in [2.05, 4.69) is 9.47 Å². The fraction of sp³-hybridized carbons (Fsp3) is 0.857. The van der Waals surface area contributed by atoms with Crippen LogP contribution >= 0.6 is 0 Å². The third kappa shape index (κ3) is 3.66. The second-order valence-electron chi connectivity index (χ2n) is 2.20. The minimum atomic E-state index is -1.19. The van der Waals surface area contributed by atoms with E-state index in [1.54, 1.807) is 6.92 Å². The van der Waals surface area contributed by atoms with E-state index in [0.29, 0.717) is 0 Å². The molecule has 5 heteroatoms. The Balaban J connectivity index is 3.90. The second-order valence-corrected chi connectivity index (χ2v) is 2.20. The van der Waals surface area contributed by atoms with Crippen LogP contribution in [0.1, 0.15) is 13.3 Å². The van der Waals surface area contributed by atoms with Crippen molar-refractivity contribution in [2.24, 2.45) is 0 Å². The molecule has 12 heavy (non-hydrogen) atoms. The summed E-state index contributed by atoms with van der Waals surface area (Å²) < 4.78 is 9.25. The Morgan fingerprint density at radius 1 is 1.58 bits per heavy atom. The van der Waals surface area contributed by atoms with Gasteiger partial charge in [-0.15, -0.1) is 0 Å². The van der Waals surface area contributed by atoms with Crippen molar-refractivity contribution in [2.45, 2.75) is 25.7 Å². The topological polar surface area (TPSA) is 76.0 Å². The molecule has 72 valence electrons. The number of ether oxygens (including phenoxy) is 2. The Labute approximate surface area is 70.9 Å². The van der Waals surface area contributed by atoms with Crippen LogP contribution in [0.5, 0.6) is 0 Å². The fourth-order valence-corrected chi connectivity index (χ4v) is 0.583. The summed E-state index contributed by atoms with van der Waals surface area (Å²) >= 11 is 0. The van der Waals surface area contributed by atoms with E-state index >= 15 is 0 Å². The highest BCUT2D eigenvalue weighted by molar-refractivity contribution is 5.69. The molecular formula is C7H14O5. The SMILES string of the molecule is CCC(=O)OC(OC)C(O)CO. The van der Waals surface area contributed by atoms with Gasteiger partial charge < -0.3 is 19.7 Å². The molecule has 0 heterocycles. The zero-order valence-corrected chi connectivity index (χ0v) is 7.19. The standard InChI is InChI=1S/C7H14O5/c1-3-6(10)12-7(11-2)5(9)4-8/h5,7-9H,3-4H2,1-2H3. The molecule has 0 saturated carbocycles. The molecule has 0 aromatic rings. The van der Waals surface area contributed by atoms with E-state index in [1.165, 1.54) is 7.11 Å². The Bertz CT molecular complexity index is 136. The lowest BCUT2D eigenvalue weighted by molar-refractivity contribution is -0.199. The molecule has 2 N–H and O–H groups in total. The van der Waals surface area contributed by atoms with E-state index in [-0.39, 0.29) is 6.42 Å². The first kappa shape index (κ1) is 11.4. The van der Waals surface area contributed by atoms with E-state index in [9.17, 15) is 4.79 Å². The monoisotopic (exact) mass is 178 g/mol. The minimum absolute atomic E-state index is 0.206. The molecule has 0 radical (unpaired) electrons. The number of aliphatic hydroxyl groups excluding tert-OH is 2. The Hall–Kier alpha value is -0.650. The molecule has 0 aliphatic rings. The maximum absolute atomic E-state index is 10.7. The van der Waals surface area contributed by atoms with E-state index < -0.39 is 25.0 Å². The normalized spacial score (nSPS) is 15.3. The van der Waals surface area contributed by atoms with E-state index in [0.717, 1.165) is 0 Å². The lowest BCUT2D eigenvalue weighted by atomic mass is 10.3. The average molecular weight is 178 g/mol. The molecule has 0 amide bonds. The van der Waals surface area contributed by atoms with Gasteiger partial charge in [-0.25, -0.2) is 0 Å². The molecule has 0 spiro atoms. The van der Waals surface area contributed by atoms with Gasteiger partial charge in [0, 0.05) is 13.5 Å². The van der Waals surface area contributed by atoms with Crippen LogP contribution < -0.4 is 0 Å². The number of aliphatic hydroxyl groups is 2. The second kappa shape index (κ2) is 5.93. The first-order valence-corrected chi connectivity index (χ1v) is 3.66. The van der Waals surface area contributed by atoms with Gasteiger partial charge in [-0.05, 0) is 0 Å². The van der Waals surface area contributed by atoms with Crippen LogP contribution in [0, 0.1) is 0 Å². The van der Waals surface area contributed by atoms with Gasteiger partial charge in [0.05, 0.1) is 6.61 Å². The Morgan fingerprint density at radius 2 is 2.17 bits per heavy atom. The molecule has 0 fully saturated rings. The van der Waals surface area contributed by atoms with Gasteiger partial charge in [-0.3, -0.25) is 4.79 Å². The van der Waals surface area contributed by atoms with Gasteiger partial charge in [0.15, 0.2) is 0 Å². The Morgan fingerprint density at radius 3 is 2.50 bits per heavy atom. The molecule has 2 atom stereocenters. The largest absolute Gasteiger partial charge is 0.433 e. The number of rotatable bonds is 5. The molecule has 0 saturated heterocycles. The van der Waals surface area contributed by atoms with Crippen LogP contribution in [-0.2, 0) is 14.3 Å². The zero-order valence-electron chi connectivity index (χ0n) is 7.19. The molecule has 2 unspecified atom stereocenters. The van der Waals surface area contributed by atoms with Crippen molar-refractivity contribution in [3.8, 4) is 0 Å². The lowest BCUT2D eigenvalue weighted by Gasteiger charge is -2.19. The number of methoxy groups -OCH3 is 1. The first-order valence-electron chi connectivity index (χ1n) is 3.66. The van der Waals surface area contributed by atoms with Gasteiger partial charge >= 0.3 is 5.97 Å². The van der Waals surface area contributed by atoms with Gasteiger partial charge in [-0.2, -0.15) is 0 Å². The minimum Gasteiger partial charge on any atom is -0.433 e. The quantitative estimate of drug-likeness (QED) is 0.428. The summed E-state index contributed by atoms with van der Waals surface area (Å²) in [5.41, 5.74) is 0. The molecule has 0 aromatic heterocycles. The number of hydrogen-bond acceptors (Lipinski definition) is 5. The predicted octanol–water partition coefficient (Wildman–Crippen LogP) is -0.735. The summed E-state index contributed by atoms with van der Waals surface area (Å²) in [5.74, 6) is -0.477. The highest BCUT2D eigenvalue weighted by Crippen LogP contribution is 2.01. The van der Waals surface area contributed by atoms with Crippen molar-refractivity contribution in [3.63, 3.8) is 0 Å². The van der Waals surface area contributed by atoms with Gasteiger partial charge in [0.25, 0.3) is 0 Å². The number of hydrogen-bond donors (Lipinski definition) is 2. The van der Waals surface area contributed by atoms with Crippen molar-refractivity contribution >= 4 is 5.97 Å². The Kier molecular flexibility index (Phi) is 5.61. The first-order chi connectivity index (χ1) is 5.65. The number of carbonyl (C=O) groups excluding carboxylic acids is 1. The van der Waals surface area contributed by atoms with Crippen LogP contribution in [-0.4, -0.2) is 42.3 Å². The maximum Gasteiger partial charge on any atom is 0.307 e. The summed E-state index contributed by atoms with van der Waals surface area (Å²) in [6.45, 7) is 1.12. The molecule has 0 rings (SSSR count). The average Bonchev–Trinajstić information content (AvgIpc) is 2.12. The molecule has 0 aliphatic carbocycles. The van der Waals surface area contributed by atoms with Crippen LogP contribution in [0.4, 0.5) is 0 Å².